The van der Waals surface area contributed by atoms with Crippen molar-refractivity contribution in [3.8, 4) is 11.8 Å². The Kier molecular flexibility index (Phi) is 3.45. The molecule has 0 spiro atoms. The summed E-state index contributed by atoms with van der Waals surface area (Å²) in [7, 11) is 0. The molecule has 0 atom stereocenters. The Hall–Kier alpha value is -2.24. The van der Waals surface area contributed by atoms with E-state index in [9.17, 15) is 0 Å². The van der Waals surface area contributed by atoms with E-state index in [-0.39, 0.29) is 6.01 Å². The van der Waals surface area contributed by atoms with Crippen LogP contribution in [0.15, 0.2) is 42.5 Å². The minimum atomic E-state index is 0.167. The third kappa shape index (κ3) is 2.54. The van der Waals surface area contributed by atoms with Crippen molar-refractivity contribution < 1.29 is 4.74 Å². The first-order chi connectivity index (χ1) is 9.76. The van der Waals surface area contributed by atoms with Gasteiger partial charge in [-0.05, 0) is 24.3 Å². The predicted molar refractivity (Wildman–Crippen MR) is 76.8 cm³/mol. The fourth-order valence-corrected chi connectivity index (χ4v) is 1.96. The second kappa shape index (κ2) is 5.40. The standard InChI is InChI=1S/C14H11ClN4O/c15-10-6-5-9(8-16)13(7-10)20-14-17-11-3-1-2-4-12(11)18-19-14/h1-7H,8,16H2. The monoisotopic (exact) mass is 286 g/mol. The molecule has 2 aromatic carbocycles. The number of ether oxygens (including phenoxy) is 1. The molecule has 2 N–H and O–H groups in total. The molecular formula is C14H11ClN4O. The van der Waals surface area contributed by atoms with E-state index in [1.54, 1.807) is 12.1 Å². The summed E-state index contributed by atoms with van der Waals surface area (Å²) >= 11 is 5.96. The molecule has 0 aliphatic rings. The van der Waals surface area contributed by atoms with E-state index >= 15 is 0 Å². The van der Waals surface area contributed by atoms with E-state index in [0.717, 1.165) is 5.56 Å². The minimum Gasteiger partial charge on any atom is -0.423 e. The summed E-state index contributed by atoms with van der Waals surface area (Å²) in [6.45, 7) is 0.341. The molecule has 0 amide bonds. The predicted octanol–water partition coefficient (Wildman–Crippen LogP) is 2.93. The molecule has 0 fully saturated rings. The molecule has 6 heteroatoms. The fraction of sp³-hybridized carbons (Fsp3) is 0.0714. The summed E-state index contributed by atoms with van der Waals surface area (Å²) in [5, 5.41) is 8.55. The molecule has 5 nitrogen and oxygen atoms in total. The van der Waals surface area contributed by atoms with Crippen molar-refractivity contribution in [1.82, 2.24) is 15.2 Å². The maximum atomic E-state index is 5.96. The lowest BCUT2D eigenvalue weighted by molar-refractivity contribution is 0.432. The van der Waals surface area contributed by atoms with Gasteiger partial charge in [-0.1, -0.05) is 34.9 Å². The minimum absolute atomic E-state index is 0.167. The van der Waals surface area contributed by atoms with Gasteiger partial charge in [0.2, 0.25) is 0 Å². The van der Waals surface area contributed by atoms with Crippen molar-refractivity contribution in [3.05, 3.63) is 53.1 Å². The normalized spacial score (nSPS) is 10.7. The quantitative estimate of drug-likeness (QED) is 0.801. The molecular weight excluding hydrogens is 276 g/mol. The fourth-order valence-electron chi connectivity index (χ4n) is 1.80. The van der Waals surface area contributed by atoms with Crippen LogP contribution in [-0.4, -0.2) is 15.2 Å². The van der Waals surface area contributed by atoms with Gasteiger partial charge in [0, 0.05) is 17.1 Å². The lowest BCUT2D eigenvalue weighted by Crippen LogP contribution is -2.01. The zero-order chi connectivity index (χ0) is 13.9. The van der Waals surface area contributed by atoms with Crippen LogP contribution < -0.4 is 10.5 Å². The zero-order valence-electron chi connectivity index (χ0n) is 10.5. The highest BCUT2D eigenvalue weighted by atomic mass is 35.5. The molecule has 1 aromatic heterocycles. The average Bonchev–Trinajstić information content (AvgIpc) is 2.47. The van der Waals surface area contributed by atoms with E-state index < -0.39 is 0 Å². The maximum absolute atomic E-state index is 5.96. The van der Waals surface area contributed by atoms with Gasteiger partial charge in [-0.15, -0.1) is 5.10 Å². The molecule has 3 aromatic rings. The van der Waals surface area contributed by atoms with Crippen LogP contribution in [0.5, 0.6) is 11.8 Å². The second-order valence-electron chi connectivity index (χ2n) is 4.14. The smallest absolute Gasteiger partial charge is 0.341 e. The zero-order valence-corrected chi connectivity index (χ0v) is 11.2. The number of hydrogen-bond acceptors (Lipinski definition) is 5. The number of nitrogens with zero attached hydrogens (tertiary/aromatic N) is 3. The summed E-state index contributed by atoms with van der Waals surface area (Å²) in [5.41, 5.74) is 7.92. The van der Waals surface area contributed by atoms with Crippen LogP contribution in [0.2, 0.25) is 5.02 Å². The van der Waals surface area contributed by atoms with E-state index in [4.69, 9.17) is 22.1 Å². The number of fused-ring (bicyclic) bond motifs is 1. The van der Waals surface area contributed by atoms with Gasteiger partial charge in [0.15, 0.2) is 0 Å². The number of para-hydroxylation sites is 1. The summed E-state index contributed by atoms with van der Waals surface area (Å²) in [4.78, 5) is 4.30. The van der Waals surface area contributed by atoms with Crippen LogP contribution in [-0.2, 0) is 6.54 Å². The molecule has 100 valence electrons. The van der Waals surface area contributed by atoms with Gasteiger partial charge in [0.1, 0.15) is 11.3 Å². The van der Waals surface area contributed by atoms with Crippen molar-refractivity contribution in [2.45, 2.75) is 6.54 Å². The first-order valence-corrected chi connectivity index (χ1v) is 6.40. The Morgan fingerprint density at radius 1 is 1.05 bits per heavy atom. The molecule has 0 aliphatic carbocycles. The molecule has 0 aliphatic heterocycles. The van der Waals surface area contributed by atoms with Crippen molar-refractivity contribution >= 4 is 22.6 Å². The number of nitrogens with two attached hydrogens (primary N) is 1. The summed E-state index contributed by atoms with van der Waals surface area (Å²) in [6.07, 6.45) is 0. The van der Waals surface area contributed by atoms with Crippen LogP contribution in [0, 0.1) is 0 Å². The number of benzene rings is 2. The highest BCUT2D eigenvalue weighted by Crippen LogP contribution is 2.26. The third-order valence-corrected chi connectivity index (χ3v) is 3.03. The van der Waals surface area contributed by atoms with Gasteiger partial charge in [-0.25, -0.2) is 0 Å². The molecule has 0 unspecified atom stereocenters. The lowest BCUT2D eigenvalue weighted by Gasteiger charge is -2.08. The van der Waals surface area contributed by atoms with E-state index in [2.05, 4.69) is 15.2 Å². The Labute approximate surface area is 120 Å². The topological polar surface area (TPSA) is 73.9 Å². The first-order valence-electron chi connectivity index (χ1n) is 6.02. The van der Waals surface area contributed by atoms with Gasteiger partial charge in [-0.3, -0.25) is 0 Å². The number of halogens is 1. The molecule has 0 radical (unpaired) electrons. The third-order valence-electron chi connectivity index (χ3n) is 2.79. The first kappa shape index (κ1) is 12.8. The van der Waals surface area contributed by atoms with Crippen molar-refractivity contribution in [3.63, 3.8) is 0 Å². The molecule has 20 heavy (non-hydrogen) atoms. The molecule has 3 rings (SSSR count). The van der Waals surface area contributed by atoms with E-state index in [1.807, 2.05) is 30.3 Å². The lowest BCUT2D eigenvalue weighted by atomic mass is 10.2. The molecule has 0 bridgehead atoms. The van der Waals surface area contributed by atoms with Crippen LogP contribution in [0.1, 0.15) is 5.56 Å². The number of hydrogen-bond donors (Lipinski definition) is 1. The Bertz CT molecular complexity index is 763. The van der Waals surface area contributed by atoms with Gasteiger partial charge in [0.05, 0.1) is 5.52 Å². The molecule has 0 saturated heterocycles. The Balaban J connectivity index is 1.98. The SMILES string of the molecule is NCc1ccc(Cl)cc1Oc1nnc2ccccc2n1. The summed E-state index contributed by atoms with van der Waals surface area (Å²) in [6, 6.07) is 12.9. The van der Waals surface area contributed by atoms with Gasteiger partial charge in [-0.2, -0.15) is 4.98 Å². The number of aromatic nitrogens is 3. The largest absolute Gasteiger partial charge is 0.423 e. The van der Waals surface area contributed by atoms with Crippen LogP contribution in [0.3, 0.4) is 0 Å². The van der Waals surface area contributed by atoms with Crippen LogP contribution in [0.4, 0.5) is 0 Å². The van der Waals surface area contributed by atoms with Crippen molar-refractivity contribution in [2.75, 3.05) is 0 Å². The van der Waals surface area contributed by atoms with Gasteiger partial charge >= 0.3 is 6.01 Å². The van der Waals surface area contributed by atoms with Crippen LogP contribution >= 0.6 is 11.6 Å². The maximum Gasteiger partial charge on any atom is 0.341 e. The van der Waals surface area contributed by atoms with E-state index in [0.29, 0.717) is 28.4 Å². The van der Waals surface area contributed by atoms with Crippen molar-refractivity contribution in [2.24, 2.45) is 5.73 Å². The summed E-state index contributed by atoms with van der Waals surface area (Å²) in [5.74, 6) is 0.539. The second-order valence-corrected chi connectivity index (χ2v) is 4.58. The van der Waals surface area contributed by atoms with Crippen LogP contribution in [0.25, 0.3) is 11.0 Å². The molecule has 0 saturated carbocycles. The molecule has 1 heterocycles. The number of rotatable bonds is 3. The highest BCUT2D eigenvalue weighted by molar-refractivity contribution is 6.30. The Morgan fingerprint density at radius 2 is 1.85 bits per heavy atom. The summed E-state index contributed by atoms with van der Waals surface area (Å²) < 4.78 is 5.64. The van der Waals surface area contributed by atoms with E-state index in [1.165, 1.54) is 0 Å². The van der Waals surface area contributed by atoms with Crippen molar-refractivity contribution in [1.29, 1.82) is 0 Å². The highest BCUT2D eigenvalue weighted by Gasteiger charge is 2.08. The Morgan fingerprint density at radius 3 is 2.65 bits per heavy atom. The average molecular weight is 287 g/mol. The van der Waals surface area contributed by atoms with Gasteiger partial charge in [0.25, 0.3) is 0 Å². The van der Waals surface area contributed by atoms with Gasteiger partial charge < -0.3 is 10.5 Å².